The number of hydrogen-bond acceptors (Lipinski definition) is 2. The Morgan fingerprint density at radius 3 is 2.31 bits per heavy atom. The molecular formula is C8H6BrF5N2. The lowest BCUT2D eigenvalue weighted by molar-refractivity contribution is -0.143. The maximum absolute atomic E-state index is 12.4. The molecule has 8 heteroatoms. The summed E-state index contributed by atoms with van der Waals surface area (Å²) in [4.78, 5) is 3.11. The molecule has 0 unspecified atom stereocenters. The standard InChI is InChI=1S/C8H6BrF5N2/c9-4-1-3(7(10)11)6(8(12,13)14)16-5(4)2-15/h1,7H,2,15H2. The minimum atomic E-state index is -4.92. The van der Waals surface area contributed by atoms with E-state index in [1.807, 2.05) is 0 Å². The monoisotopic (exact) mass is 304 g/mol. The highest BCUT2D eigenvalue weighted by Gasteiger charge is 2.38. The number of pyridine rings is 1. The van der Waals surface area contributed by atoms with E-state index in [0.717, 1.165) is 0 Å². The molecule has 0 fully saturated rings. The van der Waals surface area contributed by atoms with Crippen molar-refractivity contribution in [3.63, 3.8) is 0 Å². The molecule has 2 N–H and O–H groups in total. The first-order valence-electron chi connectivity index (χ1n) is 4.02. The largest absolute Gasteiger partial charge is 0.433 e. The number of alkyl halides is 5. The van der Waals surface area contributed by atoms with Gasteiger partial charge in [-0.1, -0.05) is 0 Å². The minimum Gasteiger partial charge on any atom is -0.325 e. The number of halogens is 6. The molecule has 1 aromatic rings. The fourth-order valence-corrected chi connectivity index (χ4v) is 1.57. The van der Waals surface area contributed by atoms with Crippen molar-refractivity contribution in [3.05, 3.63) is 27.5 Å². The van der Waals surface area contributed by atoms with Crippen molar-refractivity contribution in [1.82, 2.24) is 4.98 Å². The number of aromatic nitrogens is 1. The fraction of sp³-hybridized carbons (Fsp3) is 0.375. The molecule has 0 aromatic carbocycles. The second-order valence-corrected chi connectivity index (χ2v) is 3.71. The summed E-state index contributed by atoms with van der Waals surface area (Å²) in [5.41, 5.74) is 2.28. The molecule has 0 bridgehead atoms. The van der Waals surface area contributed by atoms with Gasteiger partial charge in [-0.15, -0.1) is 0 Å². The molecule has 0 aliphatic heterocycles. The quantitative estimate of drug-likeness (QED) is 0.852. The summed E-state index contributed by atoms with van der Waals surface area (Å²) in [5.74, 6) is 0. The van der Waals surface area contributed by atoms with Gasteiger partial charge in [-0.3, -0.25) is 0 Å². The lowest BCUT2D eigenvalue weighted by Gasteiger charge is -2.13. The molecule has 0 amide bonds. The molecule has 1 aromatic heterocycles. The molecule has 0 spiro atoms. The number of nitrogens with two attached hydrogens (primary N) is 1. The summed E-state index contributed by atoms with van der Waals surface area (Å²) < 4.78 is 62.0. The van der Waals surface area contributed by atoms with Crippen molar-refractivity contribution < 1.29 is 22.0 Å². The predicted molar refractivity (Wildman–Crippen MR) is 49.8 cm³/mol. The normalized spacial score (nSPS) is 12.2. The Kier molecular flexibility index (Phi) is 3.84. The van der Waals surface area contributed by atoms with Gasteiger partial charge in [-0.2, -0.15) is 13.2 Å². The van der Waals surface area contributed by atoms with Gasteiger partial charge in [0.15, 0.2) is 5.69 Å². The van der Waals surface area contributed by atoms with E-state index >= 15 is 0 Å². The smallest absolute Gasteiger partial charge is 0.325 e. The summed E-state index contributed by atoms with van der Waals surface area (Å²) in [5, 5.41) is 0. The van der Waals surface area contributed by atoms with Crippen LogP contribution in [0.1, 0.15) is 23.4 Å². The van der Waals surface area contributed by atoms with Crippen molar-refractivity contribution in [2.24, 2.45) is 5.73 Å². The zero-order valence-electron chi connectivity index (χ0n) is 7.65. The van der Waals surface area contributed by atoms with E-state index in [9.17, 15) is 22.0 Å². The molecule has 0 saturated carbocycles. The Bertz CT molecular complexity index is 391. The molecule has 16 heavy (non-hydrogen) atoms. The number of hydrogen-bond donors (Lipinski definition) is 1. The van der Waals surface area contributed by atoms with E-state index in [1.165, 1.54) is 0 Å². The van der Waals surface area contributed by atoms with Gasteiger partial charge < -0.3 is 5.73 Å². The molecule has 0 radical (unpaired) electrons. The average molecular weight is 305 g/mol. The Hall–Kier alpha value is -0.760. The van der Waals surface area contributed by atoms with Crippen LogP contribution in [0.3, 0.4) is 0 Å². The fourth-order valence-electron chi connectivity index (χ4n) is 1.08. The van der Waals surface area contributed by atoms with Gasteiger partial charge in [0, 0.05) is 16.6 Å². The van der Waals surface area contributed by atoms with Crippen molar-refractivity contribution in [1.29, 1.82) is 0 Å². The highest BCUT2D eigenvalue weighted by atomic mass is 79.9. The Morgan fingerprint density at radius 1 is 1.38 bits per heavy atom. The highest BCUT2D eigenvalue weighted by Crippen LogP contribution is 2.36. The van der Waals surface area contributed by atoms with Gasteiger partial charge in [-0.25, -0.2) is 13.8 Å². The van der Waals surface area contributed by atoms with Crippen LogP contribution in [0.15, 0.2) is 10.5 Å². The van der Waals surface area contributed by atoms with Crippen molar-refractivity contribution in [2.75, 3.05) is 0 Å². The third-order valence-corrected chi connectivity index (χ3v) is 2.46. The lowest BCUT2D eigenvalue weighted by atomic mass is 10.1. The zero-order chi connectivity index (χ0) is 12.5. The van der Waals surface area contributed by atoms with Gasteiger partial charge >= 0.3 is 6.18 Å². The second kappa shape index (κ2) is 4.62. The molecule has 0 aliphatic carbocycles. The molecule has 0 saturated heterocycles. The molecule has 90 valence electrons. The summed E-state index contributed by atoms with van der Waals surface area (Å²) in [6, 6.07) is 0.697. The van der Waals surface area contributed by atoms with Crippen LogP contribution in [-0.4, -0.2) is 4.98 Å². The van der Waals surface area contributed by atoms with Crippen molar-refractivity contribution in [2.45, 2.75) is 19.1 Å². The Labute approximate surface area is 95.8 Å². The van der Waals surface area contributed by atoms with E-state index in [2.05, 4.69) is 20.9 Å². The molecule has 1 heterocycles. The van der Waals surface area contributed by atoms with Crippen molar-refractivity contribution in [3.8, 4) is 0 Å². The van der Waals surface area contributed by atoms with Crippen LogP contribution in [-0.2, 0) is 12.7 Å². The first-order valence-corrected chi connectivity index (χ1v) is 4.81. The Balaban J connectivity index is 3.43. The van der Waals surface area contributed by atoms with Gasteiger partial charge in [0.05, 0.1) is 5.69 Å². The third kappa shape index (κ3) is 2.67. The first-order chi connectivity index (χ1) is 7.27. The summed E-state index contributed by atoms with van der Waals surface area (Å²) in [6.07, 6.45) is -8.16. The van der Waals surface area contributed by atoms with E-state index in [-0.39, 0.29) is 16.7 Å². The van der Waals surface area contributed by atoms with Gasteiger partial charge in [0.1, 0.15) is 0 Å². The van der Waals surface area contributed by atoms with E-state index in [1.54, 1.807) is 0 Å². The van der Waals surface area contributed by atoms with Crippen LogP contribution in [0.5, 0.6) is 0 Å². The van der Waals surface area contributed by atoms with Crippen molar-refractivity contribution >= 4 is 15.9 Å². The molecular weight excluding hydrogens is 299 g/mol. The van der Waals surface area contributed by atoms with E-state index in [4.69, 9.17) is 5.73 Å². The summed E-state index contributed by atoms with van der Waals surface area (Å²) in [6.45, 7) is -0.271. The van der Waals surface area contributed by atoms with Gasteiger partial charge in [0.2, 0.25) is 0 Å². The maximum Gasteiger partial charge on any atom is 0.433 e. The second-order valence-electron chi connectivity index (χ2n) is 2.86. The summed E-state index contributed by atoms with van der Waals surface area (Å²) >= 11 is 2.83. The number of rotatable bonds is 2. The van der Waals surface area contributed by atoms with Gasteiger partial charge in [-0.05, 0) is 22.0 Å². The SMILES string of the molecule is NCc1nc(C(F)(F)F)c(C(F)F)cc1Br. The van der Waals surface area contributed by atoms with E-state index in [0.29, 0.717) is 6.07 Å². The maximum atomic E-state index is 12.4. The van der Waals surface area contributed by atoms with E-state index < -0.39 is 23.9 Å². The predicted octanol–water partition coefficient (Wildman–Crippen LogP) is 3.26. The highest BCUT2D eigenvalue weighted by molar-refractivity contribution is 9.10. The van der Waals surface area contributed by atoms with Gasteiger partial charge in [0.25, 0.3) is 6.43 Å². The topological polar surface area (TPSA) is 38.9 Å². The van der Waals surface area contributed by atoms with Crippen LogP contribution in [0.2, 0.25) is 0 Å². The van der Waals surface area contributed by atoms with Crippen LogP contribution in [0.4, 0.5) is 22.0 Å². The van der Waals surface area contributed by atoms with Crippen LogP contribution >= 0.6 is 15.9 Å². The molecule has 2 nitrogen and oxygen atoms in total. The summed E-state index contributed by atoms with van der Waals surface area (Å²) in [7, 11) is 0. The molecule has 0 atom stereocenters. The van der Waals surface area contributed by atoms with Crippen LogP contribution < -0.4 is 5.73 Å². The zero-order valence-corrected chi connectivity index (χ0v) is 9.24. The average Bonchev–Trinajstić information content (AvgIpc) is 2.15. The molecule has 1 rings (SSSR count). The first kappa shape index (κ1) is 13.3. The van der Waals surface area contributed by atoms with Crippen LogP contribution in [0, 0.1) is 0 Å². The van der Waals surface area contributed by atoms with Crippen LogP contribution in [0.25, 0.3) is 0 Å². The molecule has 0 aliphatic rings. The minimum absolute atomic E-state index is 0.0401. The third-order valence-electron chi connectivity index (χ3n) is 1.78. The Morgan fingerprint density at radius 2 is 1.94 bits per heavy atom. The number of nitrogens with zero attached hydrogens (tertiary/aromatic N) is 1. The lowest BCUT2D eigenvalue weighted by Crippen LogP contribution is -2.15.